The lowest BCUT2D eigenvalue weighted by Crippen LogP contribution is -2.18. The van der Waals surface area contributed by atoms with E-state index in [9.17, 15) is 13.2 Å². The van der Waals surface area contributed by atoms with Crippen LogP contribution in [0.5, 0.6) is 0 Å². The predicted octanol–water partition coefficient (Wildman–Crippen LogP) is 3.09. The van der Waals surface area contributed by atoms with Crippen LogP contribution in [0.4, 0.5) is 18.9 Å². The van der Waals surface area contributed by atoms with Crippen LogP contribution >= 0.6 is 11.6 Å². The van der Waals surface area contributed by atoms with Gasteiger partial charge in [-0.1, -0.05) is 17.7 Å². The van der Waals surface area contributed by atoms with Gasteiger partial charge >= 0.3 is 6.18 Å². The number of hydrogen-bond acceptors (Lipinski definition) is 4. The van der Waals surface area contributed by atoms with Gasteiger partial charge < -0.3 is 5.73 Å². The molecule has 0 saturated heterocycles. The SMILES string of the molecule is CC(CC(F)(F)F)n1nnnc1-c1c(N)cccc1Cl. The smallest absolute Gasteiger partial charge is 0.391 e. The monoisotopic (exact) mass is 305 g/mol. The third kappa shape index (κ3) is 3.01. The molecule has 108 valence electrons. The maximum absolute atomic E-state index is 12.5. The zero-order valence-corrected chi connectivity index (χ0v) is 11.2. The molecule has 2 aromatic rings. The first-order valence-corrected chi connectivity index (χ1v) is 6.06. The number of tetrazole rings is 1. The number of hydrogen-bond donors (Lipinski definition) is 1. The molecule has 0 saturated carbocycles. The Hall–Kier alpha value is -1.83. The Labute approximate surface area is 117 Å². The summed E-state index contributed by atoms with van der Waals surface area (Å²) in [5, 5.41) is 11.0. The molecule has 0 bridgehead atoms. The van der Waals surface area contributed by atoms with Crippen LogP contribution in [0.15, 0.2) is 18.2 Å². The van der Waals surface area contributed by atoms with E-state index in [1.807, 2.05) is 0 Å². The predicted molar refractivity (Wildman–Crippen MR) is 68.1 cm³/mol. The van der Waals surface area contributed by atoms with Crippen LogP contribution in [-0.4, -0.2) is 26.4 Å². The Morgan fingerprint density at radius 1 is 1.40 bits per heavy atom. The fraction of sp³-hybridized carbons (Fsp3) is 0.364. The van der Waals surface area contributed by atoms with E-state index >= 15 is 0 Å². The average molecular weight is 306 g/mol. The Morgan fingerprint density at radius 2 is 2.10 bits per heavy atom. The van der Waals surface area contributed by atoms with Gasteiger partial charge in [0, 0.05) is 5.69 Å². The molecule has 0 radical (unpaired) electrons. The van der Waals surface area contributed by atoms with Gasteiger partial charge in [0.1, 0.15) is 0 Å². The largest absolute Gasteiger partial charge is 0.398 e. The number of benzene rings is 1. The van der Waals surface area contributed by atoms with Gasteiger partial charge in [-0.25, -0.2) is 4.68 Å². The van der Waals surface area contributed by atoms with Crippen LogP contribution in [0.25, 0.3) is 11.4 Å². The molecular formula is C11H11ClF3N5. The summed E-state index contributed by atoms with van der Waals surface area (Å²) in [6.07, 6.45) is -5.36. The van der Waals surface area contributed by atoms with Crippen LogP contribution < -0.4 is 5.73 Å². The van der Waals surface area contributed by atoms with Gasteiger partial charge in [-0.2, -0.15) is 13.2 Å². The van der Waals surface area contributed by atoms with Crippen molar-refractivity contribution >= 4 is 17.3 Å². The number of nitrogens with zero attached hydrogens (tertiary/aromatic N) is 4. The topological polar surface area (TPSA) is 69.6 Å². The highest BCUT2D eigenvalue weighted by molar-refractivity contribution is 6.33. The molecule has 0 aliphatic carbocycles. The van der Waals surface area contributed by atoms with Gasteiger partial charge in [-0.05, 0) is 29.5 Å². The van der Waals surface area contributed by atoms with Crippen molar-refractivity contribution in [2.45, 2.75) is 25.6 Å². The maximum Gasteiger partial charge on any atom is 0.391 e. The molecule has 1 heterocycles. The number of alkyl halides is 3. The molecule has 1 aromatic heterocycles. The summed E-state index contributed by atoms with van der Waals surface area (Å²) in [4.78, 5) is 0. The molecule has 5 nitrogen and oxygen atoms in total. The van der Waals surface area contributed by atoms with E-state index in [0.29, 0.717) is 11.3 Å². The van der Waals surface area contributed by atoms with Crippen molar-refractivity contribution in [2.24, 2.45) is 0 Å². The number of anilines is 1. The first-order chi connectivity index (χ1) is 9.29. The third-order valence-electron chi connectivity index (χ3n) is 2.71. The van der Waals surface area contributed by atoms with E-state index < -0.39 is 18.6 Å². The third-order valence-corrected chi connectivity index (χ3v) is 3.02. The molecule has 0 fully saturated rings. The van der Waals surface area contributed by atoms with Gasteiger partial charge in [0.2, 0.25) is 0 Å². The summed E-state index contributed by atoms with van der Waals surface area (Å²) < 4.78 is 38.4. The quantitative estimate of drug-likeness (QED) is 0.885. The molecule has 2 N–H and O–H groups in total. The molecule has 20 heavy (non-hydrogen) atoms. The van der Waals surface area contributed by atoms with Gasteiger partial charge in [0.05, 0.1) is 23.0 Å². The zero-order chi connectivity index (χ0) is 14.9. The van der Waals surface area contributed by atoms with Crippen molar-refractivity contribution < 1.29 is 13.2 Å². The van der Waals surface area contributed by atoms with Crippen molar-refractivity contribution in [1.82, 2.24) is 20.2 Å². The average Bonchev–Trinajstić information content (AvgIpc) is 2.75. The number of rotatable bonds is 3. The molecule has 1 unspecified atom stereocenters. The zero-order valence-electron chi connectivity index (χ0n) is 10.4. The highest BCUT2D eigenvalue weighted by Crippen LogP contribution is 2.34. The lowest BCUT2D eigenvalue weighted by molar-refractivity contribution is -0.142. The van der Waals surface area contributed by atoms with Crippen molar-refractivity contribution in [1.29, 1.82) is 0 Å². The van der Waals surface area contributed by atoms with E-state index in [1.165, 1.54) is 6.92 Å². The van der Waals surface area contributed by atoms with Crippen LogP contribution in [-0.2, 0) is 0 Å². The highest BCUT2D eigenvalue weighted by atomic mass is 35.5. The summed E-state index contributed by atoms with van der Waals surface area (Å²) in [5.74, 6) is 0.116. The molecule has 0 spiro atoms. The summed E-state index contributed by atoms with van der Waals surface area (Å²) in [5.41, 5.74) is 6.42. The molecule has 2 rings (SSSR count). The Morgan fingerprint density at radius 3 is 2.70 bits per heavy atom. The molecule has 9 heteroatoms. The van der Waals surface area contributed by atoms with Gasteiger partial charge in [0.25, 0.3) is 0 Å². The second kappa shape index (κ2) is 5.28. The van der Waals surface area contributed by atoms with E-state index in [-0.39, 0.29) is 10.8 Å². The second-order valence-corrected chi connectivity index (χ2v) is 4.73. The Balaban J connectivity index is 2.43. The normalized spacial score (nSPS) is 13.4. The van der Waals surface area contributed by atoms with E-state index in [0.717, 1.165) is 4.68 Å². The summed E-state index contributed by atoms with van der Waals surface area (Å²) in [7, 11) is 0. The summed E-state index contributed by atoms with van der Waals surface area (Å²) in [6.45, 7) is 1.38. The maximum atomic E-state index is 12.5. The highest BCUT2D eigenvalue weighted by Gasteiger charge is 2.32. The van der Waals surface area contributed by atoms with Crippen molar-refractivity contribution in [3.63, 3.8) is 0 Å². The van der Waals surface area contributed by atoms with Crippen LogP contribution in [0.3, 0.4) is 0 Å². The number of halogens is 4. The molecular weight excluding hydrogens is 295 g/mol. The molecule has 0 amide bonds. The molecule has 1 aromatic carbocycles. The molecule has 1 atom stereocenters. The van der Waals surface area contributed by atoms with E-state index in [4.69, 9.17) is 17.3 Å². The first kappa shape index (κ1) is 14.6. The lowest BCUT2D eigenvalue weighted by atomic mass is 10.1. The number of nitrogens with two attached hydrogens (primary N) is 1. The van der Waals surface area contributed by atoms with Crippen LogP contribution in [0.2, 0.25) is 5.02 Å². The van der Waals surface area contributed by atoms with Crippen molar-refractivity contribution in [2.75, 3.05) is 5.73 Å². The number of nitrogen functional groups attached to an aromatic ring is 1. The first-order valence-electron chi connectivity index (χ1n) is 5.68. The minimum Gasteiger partial charge on any atom is -0.398 e. The lowest BCUT2D eigenvalue weighted by Gasteiger charge is -2.16. The fourth-order valence-corrected chi connectivity index (χ4v) is 2.12. The van der Waals surface area contributed by atoms with E-state index in [1.54, 1.807) is 18.2 Å². The molecule has 0 aliphatic rings. The molecule has 0 aliphatic heterocycles. The summed E-state index contributed by atoms with van der Waals surface area (Å²) >= 11 is 6.02. The van der Waals surface area contributed by atoms with Crippen LogP contribution in [0, 0.1) is 0 Å². The number of aromatic nitrogens is 4. The van der Waals surface area contributed by atoms with E-state index in [2.05, 4.69) is 15.5 Å². The minimum absolute atomic E-state index is 0.116. The fourth-order valence-electron chi connectivity index (χ4n) is 1.85. The Kier molecular flexibility index (Phi) is 3.85. The van der Waals surface area contributed by atoms with Gasteiger partial charge in [-0.3, -0.25) is 0 Å². The standard InChI is InChI=1S/C11H11ClF3N5/c1-6(5-11(13,14)15)20-10(17-18-19-20)9-7(12)3-2-4-8(9)16/h2-4,6H,5,16H2,1H3. The van der Waals surface area contributed by atoms with Crippen molar-refractivity contribution in [3.8, 4) is 11.4 Å². The van der Waals surface area contributed by atoms with Crippen molar-refractivity contribution in [3.05, 3.63) is 23.2 Å². The Bertz CT molecular complexity index is 590. The second-order valence-electron chi connectivity index (χ2n) is 4.32. The van der Waals surface area contributed by atoms with Gasteiger partial charge in [-0.15, -0.1) is 5.10 Å². The summed E-state index contributed by atoms with van der Waals surface area (Å²) in [6, 6.07) is 3.82. The minimum atomic E-state index is -4.31. The van der Waals surface area contributed by atoms with Crippen LogP contribution in [0.1, 0.15) is 19.4 Å². The van der Waals surface area contributed by atoms with Gasteiger partial charge in [0.15, 0.2) is 5.82 Å².